The van der Waals surface area contributed by atoms with Gasteiger partial charge in [0.25, 0.3) is 5.91 Å². The minimum Gasteiger partial charge on any atom is -0.508 e. The second kappa shape index (κ2) is 8.09. The summed E-state index contributed by atoms with van der Waals surface area (Å²) >= 11 is 5.04. The van der Waals surface area contributed by atoms with E-state index in [1.54, 1.807) is 26.0 Å². The normalized spacial score (nSPS) is 11.5. The van der Waals surface area contributed by atoms with Gasteiger partial charge in [-0.1, -0.05) is 12.2 Å². The number of phenols is 1. The molecule has 0 atom stereocenters. The maximum absolute atomic E-state index is 13.2. The number of carbonyl (C=O) groups excluding carboxylic acids is 1. The van der Waals surface area contributed by atoms with Crippen molar-refractivity contribution >= 4 is 35.0 Å². The molecule has 0 aromatic heterocycles. The van der Waals surface area contributed by atoms with Crippen molar-refractivity contribution in [2.45, 2.75) is 25.6 Å². The molecular weight excluding hydrogens is 403 g/mol. The van der Waals surface area contributed by atoms with E-state index in [2.05, 4.69) is 0 Å². The summed E-state index contributed by atoms with van der Waals surface area (Å²) in [6.45, 7) is 3.16. The van der Waals surface area contributed by atoms with Crippen LogP contribution in [0.25, 0.3) is 0 Å². The molecule has 2 aromatic carbocycles. The largest absolute Gasteiger partial charge is 0.508 e. The van der Waals surface area contributed by atoms with Crippen LogP contribution in [0.5, 0.6) is 5.75 Å². The topological polar surface area (TPSA) is 67.6 Å². The number of phenolic OH excluding ortho intramolecular Hbond substituents is 1. The first-order chi connectivity index (χ1) is 13.4. The lowest BCUT2D eigenvalue weighted by atomic mass is 9.99. The van der Waals surface area contributed by atoms with Crippen molar-refractivity contribution in [1.29, 1.82) is 5.26 Å². The van der Waals surface area contributed by atoms with Crippen molar-refractivity contribution in [3.63, 3.8) is 0 Å². The van der Waals surface area contributed by atoms with E-state index >= 15 is 0 Å². The van der Waals surface area contributed by atoms with Gasteiger partial charge in [0, 0.05) is 18.4 Å². The van der Waals surface area contributed by atoms with Crippen molar-refractivity contribution < 1.29 is 23.1 Å². The molecule has 0 aliphatic carbocycles. The van der Waals surface area contributed by atoms with E-state index in [-0.39, 0.29) is 11.4 Å². The molecule has 0 aliphatic heterocycles. The molecule has 0 radical (unpaired) electrons. The van der Waals surface area contributed by atoms with Crippen LogP contribution in [0.15, 0.2) is 42.5 Å². The van der Waals surface area contributed by atoms with Gasteiger partial charge in [0.15, 0.2) is 0 Å². The molecule has 0 saturated carbocycles. The van der Waals surface area contributed by atoms with Gasteiger partial charge in [-0.3, -0.25) is 4.79 Å². The number of rotatable bonds is 5. The number of hydrogen-bond donors (Lipinski definition) is 1. The third-order valence-corrected chi connectivity index (χ3v) is 4.69. The Balaban J connectivity index is 2.43. The van der Waals surface area contributed by atoms with Crippen molar-refractivity contribution in [2.75, 3.05) is 16.8 Å². The number of likely N-dealkylation sites (N-methyl/N-ethyl adjacent to an activating group) is 1. The number of nitrogens with zero attached hydrogens (tertiary/aromatic N) is 3. The van der Waals surface area contributed by atoms with Crippen LogP contribution < -0.4 is 9.80 Å². The Kier molecular flexibility index (Phi) is 6.18. The molecule has 0 saturated heterocycles. The van der Waals surface area contributed by atoms with Gasteiger partial charge in [-0.15, -0.1) is 0 Å². The molecule has 0 bridgehead atoms. The molecule has 0 heterocycles. The van der Waals surface area contributed by atoms with E-state index in [1.165, 1.54) is 41.7 Å². The summed E-state index contributed by atoms with van der Waals surface area (Å²) in [4.78, 5) is 15.7. The van der Waals surface area contributed by atoms with Crippen LogP contribution in [0, 0.1) is 11.3 Å². The number of amides is 1. The molecule has 9 heteroatoms. The van der Waals surface area contributed by atoms with Crippen LogP contribution in [0.4, 0.5) is 24.5 Å². The lowest BCUT2D eigenvalue weighted by molar-refractivity contribution is -0.137. The second-order valence-corrected chi connectivity index (χ2v) is 6.97. The van der Waals surface area contributed by atoms with Crippen molar-refractivity contribution in [3.05, 3.63) is 53.6 Å². The van der Waals surface area contributed by atoms with Crippen LogP contribution in [-0.2, 0) is 11.0 Å². The fourth-order valence-corrected chi connectivity index (χ4v) is 3.22. The number of nitriles is 1. The van der Waals surface area contributed by atoms with E-state index in [4.69, 9.17) is 17.5 Å². The van der Waals surface area contributed by atoms with Crippen molar-refractivity contribution in [1.82, 2.24) is 0 Å². The van der Waals surface area contributed by atoms with Gasteiger partial charge >= 0.3 is 6.18 Å². The molecular formula is C20H18F3N3O2S. The monoisotopic (exact) mass is 421 g/mol. The SMILES string of the molecule is CN(C(=O)C(C)(C)N(C=S)c1ccc(O)cc1)c1ccc(C#N)c(C(F)(F)F)c1. The minimum atomic E-state index is -4.73. The Morgan fingerprint density at radius 2 is 1.69 bits per heavy atom. The number of hydrogen-bond acceptors (Lipinski definition) is 4. The number of aromatic hydroxyl groups is 1. The summed E-state index contributed by atoms with van der Waals surface area (Å²) in [6, 6.07) is 10.6. The van der Waals surface area contributed by atoms with Gasteiger partial charge in [0.1, 0.15) is 11.3 Å². The van der Waals surface area contributed by atoms with Crippen molar-refractivity contribution in [3.8, 4) is 11.8 Å². The molecule has 2 aromatic rings. The molecule has 2 rings (SSSR count). The molecule has 5 nitrogen and oxygen atoms in total. The van der Waals surface area contributed by atoms with E-state index in [0.717, 1.165) is 17.0 Å². The van der Waals surface area contributed by atoms with Crippen LogP contribution in [0.1, 0.15) is 25.0 Å². The Labute approximate surface area is 171 Å². The molecule has 0 spiro atoms. The Morgan fingerprint density at radius 3 is 2.17 bits per heavy atom. The molecule has 1 N–H and O–H groups in total. The van der Waals surface area contributed by atoms with Gasteiger partial charge in [0.2, 0.25) is 0 Å². The summed E-state index contributed by atoms with van der Waals surface area (Å²) in [5.74, 6) is -0.485. The first-order valence-corrected chi connectivity index (χ1v) is 8.83. The Hall–Kier alpha value is -3.12. The summed E-state index contributed by atoms with van der Waals surface area (Å²) in [5, 5.41) is 18.4. The standard InChI is InChI=1S/C20H18F3N3O2S/c1-19(2,26(12-29)14-6-8-16(27)9-7-14)18(28)25(3)15-5-4-13(11-24)17(10-15)20(21,22)23/h4-10,12,27H,1-3H3. The summed E-state index contributed by atoms with van der Waals surface area (Å²) in [6.07, 6.45) is -4.73. The first kappa shape index (κ1) is 22.2. The zero-order valence-corrected chi connectivity index (χ0v) is 16.7. The number of carbonyl (C=O) groups is 1. The number of alkyl halides is 3. The number of thiocarbonyl (C=S) groups is 1. The minimum absolute atomic E-state index is 0.00979. The van der Waals surface area contributed by atoms with Crippen LogP contribution >= 0.6 is 12.2 Å². The third kappa shape index (κ3) is 4.49. The van der Waals surface area contributed by atoms with Crippen LogP contribution in [0.2, 0.25) is 0 Å². The number of benzene rings is 2. The lowest BCUT2D eigenvalue weighted by Gasteiger charge is -2.38. The molecule has 0 aliphatic rings. The fraction of sp³-hybridized carbons (Fsp3) is 0.250. The predicted molar refractivity (Wildman–Crippen MR) is 108 cm³/mol. The second-order valence-electron chi connectivity index (χ2n) is 6.75. The first-order valence-electron chi connectivity index (χ1n) is 8.36. The highest BCUT2D eigenvalue weighted by Gasteiger charge is 2.38. The average Bonchev–Trinajstić information content (AvgIpc) is 2.67. The van der Waals surface area contributed by atoms with E-state index < -0.39 is 28.7 Å². The summed E-state index contributed by atoms with van der Waals surface area (Å²) in [7, 11) is 1.35. The predicted octanol–water partition coefficient (Wildman–Crippen LogP) is 4.49. The lowest BCUT2D eigenvalue weighted by Crippen LogP contribution is -2.55. The summed E-state index contributed by atoms with van der Waals surface area (Å²) < 4.78 is 39.7. The highest BCUT2D eigenvalue weighted by atomic mass is 32.1. The van der Waals surface area contributed by atoms with Gasteiger partial charge in [-0.25, -0.2) is 0 Å². The van der Waals surface area contributed by atoms with E-state index in [9.17, 15) is 23.1 Å². The molecule has 152 valence electrons. The number of halogens is 3. The van der Waals surface area contributed by atoms with Crippen molar-refractivity contribution in [2.24, 2.45) is 0 Å². The average molecular weight is 421 g/mol. The zero-order valence-electron chi connectivity index (χ0n) is 15.9. The molecule has 1 amide bonds. The third-order valence-electron chi connectivity index (χ3n) is 4.48. The summed E-state index contributed by atoms with van der Waals surface area (Å²) in [5.41, 5.74) is -1.10. The van der Waals surface area contributed by atoms with Gasteiger partial charge in [-0.2, -0.15) is 18.4 Å². The molecule has 0 unspecified atom stereocenters. The van der Waals surface area contributed by atoms with Gasteiger partial charge in [-0.05, 0) is 56.3 Å². The quantitative estimate of drug-likeness (QED) is 0.721. The zero-order chi connectivity index (χ0) is 22.0. The number of anilines is 2. The smallest absolute Gasteiger partial charge is 0.417 e. The van der Waals surface area contributed by atoms with Gasteiger partial charge < -0.3 is 14.9 Å². The highest BCUT2D eigenvalue weighted by Crippen LogP contribution is 2.35. The Bertz CT molecular complexity index is 966. The Morgan fingerprint density at radius 1 is 1.14 bits per heavy atom. The maximum atomic E-state index is 13.2. The van der Waals surface area contributed by atoms with Crippen LogP contribution in [0.3, 0.4) is 0 Å². The molecule has 29 heavy (non-hydrogen) atoms. The van der Waals surface area contributed by atoms with E-state index in [1.807, 2.05) is 0 Å². The highest BCUT2D eigenvalue weighted by molar-refractivity contribution is 7.79. The van der Waals surface area contributed by atoms with Gasteiger partial charge in [0.05, 0.1) is 22.7 Å². The maximum Gasteiger partial charge on any atom is 0.417 e. The van der Waals surface area contributed by atoms with Crippen LogP contribution in [-0.4, -0.2) is 29.1 Å². The molecule has 0 fully saturated rings. The fourth-order valence-electron chi connectivity index (χ4n) is 2.83. The van der Waals surface area contributed by atoms with E-state index in [0.29, 0.717) is 5.69 Å².